The summed E-state index contributed by atoms with van der Waals surface area (Å²) in [6.45, 7) is 0. The average Bonchev–Trinajstić information content (AvgIpc) is 2.85. The summed E-state index contributed by atoms with van der Waals surface area (Å²) in [4.78, 5) is 11.7. The summed E-state index contributed by atoms with van der Waals surface area (Å²) in [5.41, 5.74) is 0.811. The Morgan fingerprint density at radius 1 is 1.39 bits per heavy atom. The van der Waals surface area contributed by atoms with Gasteiger partial charge in [0.1, 0.15) is 0 Å². The Morgan fingerprint density at radius 2 is 2.11 bits per heavy atom. The molecular weight excluding hydrogens is 272 g/mol. The third kappa shape index (κ3) is 3.02. The Labute approximate surface area is 112 Å². The average molecular weight is 282 g/mol. The standard InChI is InChI=1S/C10H10N4O2S2/c1-17-8-4-2-7(3-5-8)14-10(11-12-13-14)18-6-9(15)16/h2-5H,6H2,1H3,(H,15,16). The minimum Gasteiger partial charge on any atom is -0.481 e. The SMILES string of the molecule is CSc1ccc(-n2nnnc2SCC(=O)O)cc1. The van der Waals surface area contributed by atoms with Crippen molar-refractivity contribution < 1.29 is 9.90 Å². The maximum absolute atomic E-state index is 10.5. The van der Waals surface area contributed by atoms with Gasteiger partial charge in [-0.05, 0) is 40.9 Å². The number of tetrazole rings is 1. The molecule has 1 heterocycles. The van der Waals surface area contributed by atoms with E-state index >= 15 is 0 Å². The van der Waals surface area contributed by atoms with Crippen LogP contribution in [-0.2, 0) is 4.79 Å². The van der Waals surface area contributed by atoms with E-state index in [0.717, 1.165) is 22.3 Å². The molecule has 1 aromatic carbocycles. The zero-order chi connectivity index (χ0) is 13.0. The Kier molecular flexibility index (Phi) is 4.21. The van der Waals surface area contributed by atoms with Crippen molar-refractivity contribution in [1.29, 1.82) is 0 Å². The van der Waals surface area contributed by atoms with Crippen molar-refractivity contribution in [1.82, 2.24) is 20.2 Å². The lowest BCUT2D eigenvalue weighted by Gasteiger charge is -2.03. The van der Waals surface area contributed by atoms with Crippen LogP contribution in [0.4, 0.5) is 0 Å². The number of hydrogen-bond acceptors (Lipinski definition) is 6. The summed E-state index contributed by atoms with van der Waals surface area (Å²) in [6, 6.07) is 7.72. The van der Waals surface area contributed by atoms with Gasteiger partial charge in [-0.3, -0.25) is 4.79 Å². The molecule has 0 aliphatic carbocycles. The van der Waals surface area contributed by atoms with Crippen LogP contribution < -0.4 is 0 Å². The maximum atomic E-state index is 10.5. The Balaban J connectivity index is 2.21. The van der Waals surface area contributed by atoms with Crippen LogP contribution in [-0.4, -0.2) is 43.3 Å². The van der Waals surface area contributed by atoms with Gasteiger partial charge in [-0.2, -0.15) is 4.68 Å². The topological polar surface area (TPSA) is 80.9 Å². The number of rotatable bonds is 5. The van der Waals surface area contributed by atoms with Gasteiger partial charge in [-0.1, -0.05) is 11.8 Å². The van der Waals surface area contributed by atoms with Crippen molar-refractivity contribution in [2.75, 3.05) is 12.0 Å². The molecule has 2 aromatic rings. The first-order chi connectivity index (χ1) is 8.70. The number of aliphatic carboxylic acids is 1. The summed E-state index contributed by atoms with van der Waals surface area (Å²) < 4.78 is 1.53. The smallest absolute Gasteiger partial charge is 0.313 e. The normalized spacial score (nSPS) is 10.5. The molecule has 0 fully saturated rings. The summed E-state index contributed by atoms with van der Waals surface area (Å²) in [5, 5.41) is 20.3. The van der Waals surface area contributed by atoms with Crippen molar-refractivity contribution in [2.24, 2.45) is 0 Å². The van der Waals surface area contributed by atoms with Gasteiger partial charge >= 0.3 is 5.97 Å². The number of hydrogen-bond donors (Lipinski definition) is 1. The van der Waals surface area contributed by atoms with Crippen LogP contribution in [0.15, 0.2) is 34.3 Å². The van der Waals surface area contributed by atoms with Crippen molar-refractivity contribution in [2.45, 2.75) is 10.1 Å². The van der Waals surface area contributed by atoms with Crippen LogP contribution in [0, 0.1) is 0 Å². The molecule has 0 bridgehead atoms. The van der Waals surface area contributed by atoms with Crippen LogP contribution >= 0.6 is 23.5 Å². The molecule has 6 nitrogen and oxygen atoms in total. The molecule has 8 heteroatoms. The largest absolute Gasteiger partial charge is 0.481 e. The number of benzene rings is 1. The van der Waals surface area contributed by atoms with Crippen LogP contribution in [0.25, 0.3) is 5.69 Å². The van der Waals surface area contributed by atoms with Gasteiger partial charge in [0, 0.05) is 4.90 Å². The minimum atomic E-state index is -0.896. The number of carboxylic acid groups (broad SMARTS) is 1. The van der Waals surface area contributed by atoms with Gasteiger partial charge in [0.2, 0.25) is 5.16 Å². The second-order valence-electron chi connectivity index (χ2n) is 3.25. The summed E-state index contributed by atoms with van der Waals surface area (Å²) >= 11 is 2.74. The van der Waals surface area contributed by atoms with Gasteiger partial charge < -0.3 is 5.11 Å². The van der Waals surface area contributed by atoms with E-state index in [4.69, 9.17) is 5.11 Å². The van der Waals surface area contributed by atoms with Crippen LogP contribution in [0.5, 0.6) is 0 Å². The third-order valence-electron chi connectivity index (χ3n) is 2.08. The monoisotopic (exact) mass is 282 g/mol. The molecule has 2 rings (SSSR count). The van der Waals surface area contributed by atoms with Gasteiger partial charge in [0.15, 0.2) is 0 Å². The number of carboxylic acids is 1. The fraction of sp³-hybridized carbons (Fsp3) is 0.200. The van der Waals surface area contributed by atoms with E-state index in [-0.39, 0.29) is 5.75 Å². The molecule has 18 heavy (non-hydrogen) atoms. The Hall–Kier alpha value is -1.54. The molecule has 1 N–H and O–H groups in total. The van der Waals surface area contributed by atoms with E-state index in [1.54, 1.807) is 11.8 Å². The molecule has 0 saturated heterocycles. The molecule has 1 aromatic heterocycles. The molecule has 0 radical (unpaired) electrons. The fourth-order valence-corrected chi connectivity index (χ4v) is 2.30. The number of aromatic nitrogens is 4. The summed E-state index contributed by atoms with van der Waals surface area (Å²) in [7, 11) is 0. The molecule has 0 aliphatic heterocycles. The maximum Gasteiger partial charge on any atom is 0.313 e. The van der Waals surface area contributed by atoms with Crippen LogP contribution in [0.3, 0.4) is 0 Å². The lowest BCUT2D eigenvalue weighted by Crippen LogP contribution is -2.02. The van der Waals surface area contributed by atoms with Gasteiger partial charge in [0.25, 0.3) is 0 Å². The number of thioether (sulfide) groups is 2. The molecule has 0 spiro atoms. The van der Waals surface area contributed by atoms with E-state index < -0.39 is 5.97 Å². The van der Waals surface area contributed by atoms with Crippen LogP contribution in [0.1, 0.15) is 0 Å². The van der Waals surface area contributed by atoms with Crippen LogP contribution in [0.2, 0.25) is 0 Å². The van der Waals surface area contributed by atoms with Crippen molar-refractivity contribution in [3.8, 4) is 5.69 Å². The summed E-state index contributed by atoms with van der Waals surface area (Å²) in [5.74, 6) is -0.962. The zero-order valence-electron chi connectivity index (χ0n) is 9.48. The highest BCUT2D eigenvalue weighted by Gasteiger charge is 2.10. The third-order valence-corrected chi connectivity index (χ3v) is 3.73. The van der Waals surface area contributed by atoms with E-state index in [1.807, 2.05) is 30.5 Å². The predicted octanol–water partition coefficient (Wildman–Crippen LogP) is 1.56. The number of nitrogens with zero attached hydrogens (tertiary/aromatic N) is 4. The van der Waals surface area contributed by atoms with Crippen molar-refractivity contribution in [3.63, 3.8) is 0 Å². The lowest BCUT2D eigenvalue weighted by molar-refractivity contribution is -0.133. The molecule has 0 unspecified atom stereocenters. The molecule has 0 amide bonds. The molecule has 0 aliphatic rings. The van der Waals surface area contributed by atoms with E-state index in [1.165, 1.54) is 4.68 Å². The lowest BCUT2D eigenvalue weighted by atomic mass is 10.3. The molecular formula is C10H10N4O2S2. The summed E-state index contributed by atoms with van der Waals surface area (Å²) in [6.07, 6.45) is 2.00. The first-order valence-corrected chi connectivity index (χ1v) is 7.19. The van der Waals surface area contributed by atoms with Crippen molar-refractivity contribution in [3.05, 3.63) is 24.3 Å². The van der Waals surface area contributed by atoms with Gasteiger partial charge in [0.05, 0.1) is 11.4 Å². The quantitative estimate of drug-likeness (QED) is 0.833. The van der Waals surface area contributed by atoms with Crippen molar-refractivity contribution >= 4 is 29.5 Å². The van der Waals surface area contributed by atoms with Gasteiger partial charge in [-0.15, -0.1) is 16.9 Å². The predicted molar refractivity (Wildman–Crippen MR) is 69.3 cm³/mol. The Morgan fingerprint density at radius 3 is 2.72 bits per heavy atom. The van der Waals surface area contributed by atoms with E-state index in [9.17, 15) is 4.79 Å². The highest BCUT2D eigenvalue weighted by molar-refractivity contribution is 7.99. The van der Waals surface area contributed by atoms with E-state index in [0.29, 0.717) is 5.16 Å². The second-order valence-corrected chi connectivity index (χ2v) is 5.08. The fourth-order valence-electron chi connectivity index (χ4n) is 1.28. The molecule has 0 atom stereocenters. The highest BCUT2D eigenvalue weighted by Crippen LogP contribution is 2.20. The van der Waals surface area contributed by atoms with Gasteiger partial charge in [-0.25, -0.2) is 0 Å². The minimum absolute atomic E-state index is 0.0662. The first-order valence-electron chi connectivity index (χ1n) is 4.98. The zero-order valence-corrected chi connectivity index (χ0v) is 11.1. The second kappa shape index (κ2) is 5.87. The van der Waals surface area contributed by atoms with E-state index in [2.05, 4.69) is 15.5 Å². The highest BCUT2D eigenvalue weighted by atomic mass is 32.2. The molecule has 94 valence electrons. The Bertz CT molecular complexity index is 541. The number of carbonyl (C=O) groups is 1. The first kappa shape index (κ1) is 12.9. The molecule has 0 saturated carbocycles.